The molecule has 0 aliphatic heterocycles. The summed E-state index contributed by atoms with van der Waals surface area (Å²) in [6.45, 7) is 0. The van der Waals surface area contributed by atoms with Crippen molar-refractivity contribution in [3.63, 3.8) is 0 Å². The highest BCUT2D eigenvalue weighted by molar-refractivity contribution is 6.29. The van der Waals surface area contributed by atoms with E-state index in [-0.39, 0.29) is 5.28 Å². The van der Waals surface area contributed by atoms with Gasteiger partial charge in [0.15, 0.2) is 0 Å². The summed E-state index contributed by atoms with van der Waals surface area (Å²) in [6.07, 6.45) is 9.72. The Hall–Kier alpha value is -5.57. The van der Waals surface area contributed by atoms with Gasteiger partial charge in [0.25, 0.3) is 0 Å². The van der Waals surface area contributed by atoms with Gasteiger partial charge in [-0.15, -0.1) is 0 Å². The van der Waals surface area contributed by atoms with E-state index < -0.39 is 0 Å². The lowest BCUT2D eigenvalue weighted by molar-refractivity contribution is 0.863. The molecule has 8 aromatic rings. The van der Waals surface area contributed by atoms with Crippen LogP contribution in [0.15, 0.2) is 158 Å². The minimum atomic E-state index is 0.255. The van der Waals surface area contributed by atoms with Crippen LogP contribution in [0.2, 0.25) is 5.28 Å². The highest BCUT2D eigenvalue weighted by Crippen LogP contribution is 2.44. The van der Waals surface area contributed by atoms with Crippen molar-refractivity contribution in [2.75, 3.05) is 0 Å². The first-order valence-electron chi connectivity index (χ1n) is 16.1. The van der Waals surface area contributed by atoms with Crippen molar-refractivity contribution >= 4 is 54.8 Å². The van der Waals surface area contributed by atoms with E-state index in [0.717, 1.165) is 39.5 Å². The quantitative estimate of drug-likeness (QED) is 0.111. The summed E-state index contributed by atoms with van der Waals surface area (Å²) < 4.78 is 0. The predicted octanol–water partition coefficient (Wildman–Crippen LogP) is 12.3. The van der Waals surface area contributed by atoms with Crippen molar-refractivity contribution < 1.29 is 0 Å². The van der Waals surface area contributed by atoms with Crippen LogP contribution >= 0.6 is 11.6 Å². The first-order valence-corrected chi connectivity index (χ1v) is 16.4. The number of allylic oxidation sites excluding steroid dienone is 4. The maximum Gasteiger partial charge on any atom is 0.223 e. The fourth-order valence-electron chi connectivity index (χ4n) is 7.47. The van der Waals surface area contributed by atoms with E-state index in [0.29, 0.717) is 5.92 Å². The number of halogens is 1. The van der Waals surface area contributed by atoms with Crippen LogP contribution in [0.5, 0.6) is 0 Å². The maximum absolute atomic E-state index is 6.64. The average Bonchev–Trinajstić information content (AvgIpc) is 3.14. The molecule has 0 N–H and O–H groups in total. The second-order valence-electron chi connectivity index (χ2n) is 12.2. The zero-order valence-electron chi connectivity index (χ0n) is 25.6. The normalized spacial score (nSPS) is 14.4. The number of nitrogens with zero attached hydrogens (tertiary/aromatic N) is 2. The van der Waals surface area contributed by atoms with Gasteiger partial charge in [-0.1, -0.05) is 152 Å². The first-order chi connectivity index (χ1) is 23.2. The van der Waals surface area contributed by atoms with Gasteiger partial charge >= 0.3 is 0 Å². The van der Waals surface area contributed by atoms with Crippen LogP contribution in [0.1, 0.15) is 17.9 Å². The zero-order valence-corrected chi connectivity index (χ0v) is 26.3. The number of rotatable bonds is 4. The van der Waals surface area contributed by atoms with Gasteiger partial charge in [-0.05, 0) is 84.2 Å². The van der Waals surface area contributed by atoms with Crippen molar-refractivity contribution in [3.05, 3.63) is 169 Å². The highest BCUT2D eigenvalue weighted by Gasteiger charge is 2.20. The second-order valence-corrected chi connectivity index (χ2v) is 12.5. The Kier molecular flexibility index (Phi) is 6.69. The molecule has 0 radical (unpaired) electrons. The predicted molar refractivity (Wildman–Crippen MR) is 199 cm³/mol. The summed E-state index contributed by atoms with van der Waals surface area (Å²) in [5.41, 5.74) is 8.88. The molecule has 3 heteroatoms. The molecule has 1 aliphatic carbocycles. The molecule has 0 saturated carbocycles. The Morgan fingerprint density at radius 2 is 1.04 bits per heavy atom. The van der Waals surface area contributed by atoms with Crippen LogP contribution in [0, 0.1) is 0 Å². The second kappa shape index (κ2) is 11.3. The third-order valence-electron chi connectivity index (χ3n) is 9.53. The molecule has 1 unspecified atom stereocenters. The lowest BCUT2D eigenvalue weighted by atomic mass is 9.85. The fourth-order valence-corrected chi connectivity index (χ4v) is 7.65. The Balaban J connectivity index is 1.24. The summed E-state index contributed by atoms with van der Waals surface area (Å²) in [4.78, 5) is 9.59. The van der Waals surface area contributed by atoms with Crippen molar-refractivity contribution in [2.24, 2.45) is 0 Å². The molecule has 1 heterocycles. The number of hydrogen-bond acceptors (Lipinski definition) is 2. The van der Waals surface area contributed by atoms with Gasteiger partial charge in [0, 0.05) is 16.9 Å². The Bertz CT molecular complexity index is 2490. The van der Waals surface area contributed by atoms with Crippen molar-refractivity contribution in [1.82, 2.24) is 9.97 Å². The topological polar surface area (TPSA) is 25.8 Å². The molecule has 0 amide bonds. The average molecular weight is 621 g/mol. The molecule has 1 atom stereocenters. The number of aromatic nitrogens is 2. The molecule has 0 spiro atoms. The van der Waals surface area contributed by atoms with Gasteiger partial charge in [-0.2, -0.15) is 0 Å². The van der Waals surface area contributed by atoms with Gasteiger partial charge in [0.1, 0.15) is 0 Å². The van der Waals surface area contributed by atoms with E-state index in [1.807, 2.05) is 0 Å². The SMILES string of the molecule is Clc1nc(-c2ccc(-c3c4ccccc4c(-c4ccccc4)c4ccccc34)cc2)c2c(cc(C3C=CC=CC3)c3ccccc32)n1. The van der Waals surface area contributed by atoms with Crippen molar-refractivity contribution in [2.45, 2.75) is 12.3 Å². The largest absolute Gasteiger partial charge is 0.223 e. The van der Waals surface area contributed by atoms with Crippen molar-refractivity contribution in [3.8, 4) is 33.5 Å². The minimum absolute atomic E-state index is 0.255. The molecule has 222 valence electrons. The Morgan fingerprint density at radius 3 is 1.64 bits per heavy atom. The summed E-state index contributed by atoms with van der Waals surface area (Å²) in [7, 11) is 0. The monoisotopic (exact) mass is 620 g/mol. The molecule has 2 nitrogen and oxygen atoms in total. The smallest absolute Gasteiger partial charge is 0.218 e. The van der Waals surface area contributed by atoms with E-state index in [1.54, 1.807) is 0 Å². The van der Waals surface area contributed by atoms with Crippen LogP contribution < -0.4 is 0 Å². The molecule has 0 saturated heterocycles. The van der Waals surface area contributed by atoms with Crippen LogP contribution in [-0.2, 0) is 0 Å². The third kappa shape index (κ3) is 4.64. The number of fused-ring (bicyclic) bond motifs is 5. The molecule has 7 aromatic carbocycles. The van der Waals surface area contributed by atoms with Crippen LogP contribution in [0.25, 0.3) is 76.7 Å². The molecule has 47 heavy (non-hydrogen) atoms. The first kappa shape index (κ1) is 27.7. The van der Waals surface area contributed by atoms with Gasteiger partial charge in [0.2, 0.25) is 5.28 Å². The summed E-state index contributed by atoms with van der Waals surface area (Å²) >= 11 is 6.64. The highest BCUT2D eigenvalue weighted by atomic mass is 35.5. The molecule has 9 rings (SSSR count). The van der Waals surface area contributed by atoms with Crippen molar-refractivity contribution in [1.29, 1.82) is 0 Å². The molecule has 0 fully saturated rings. The van der Waals surface area contributed by atoms with Gasteiger partial charge in [-0.3, -0.25) is 0 Å². The van der Waals surface area contributed by atoms with Gasteiger partial charge < -0.3 is 0 Å². The summed E-state index contributed by atoms with van der Waals surface area (Å²) in [5, 5.41) is 8.62. The Labute approximate surface area is 278 Å². The van der Waals surface area contributed by atoms with E-state index in [1.165, 1.54) is 49.2 Å². The minimum Gasteiger partial charge on any atom is -0.218 e. The summed E-state index contributed by atoms with van der Waals surface area (Å²) in [5.74, 6) is 0.295. The third-order valence-corrected chi connectivity index (χ3v) is 9.70. The Morgan fingerprint density at radius 1 is 0.511 bits per heavy atom. The molecule has 1 aliphatic rings. The molecular formula is C44H29ClN2. The maximum atomic E-state index is 6.64. The van der Waals surface area contributed by atoms with E-state index in [2.05, 4.69) is 158 Å². The molecule has 1 aromatic heterocycles. The molecule has 0 bridgehead atoms. The van der Waals surface area contributed by atoms with E-state index in [9.17, 15) is 0 Å². The number of benzene rings is 7. The molecular weight excluding hydrogens is 592 g/mol. The lowest BCUT2D eigenvalue weighted by Crippen LogP contribution is -2.00. The lowest BCUT2D eigenvalue weighted by Gasteiger charge is -2.19. The zero-order chi connectivity index (χ0) is 31.3. The van der Waals surface area contributed by atoms with Crippen LogP contribution in [0.3, 0.4) is 0 Å². The van der Waals surface area contributed by atoms with Gasteiger partial charge in [-0.25, -0.2) is 9.97 Å². The van der Waals surface area contributed by atoms with E-state index in [4.69, 9.17) is 21.6 Å². The summed E-state index contributed by atoms with van der Waals surface area (Å²) in [6, 6.07) is 47.9. The van der Waals surface area contributed by atoms with Crippen LogP contribution in [-0.4, -0.2) is 9.97 Å². The van der Waals surface area contributed by atoms with Gasteiger partial charge in [0.05, 0.1) is 11.2 Å². The standard InChI is InChI=1S/C44H29ClN2/c45-44-46-39-27-38(28-13-3-1-4-14-28)32-17-7-8-18-33(32)42(39)43(47-44)31-25-23-30(24-26-31)41-36-21-11-9-19-34(36)40(29-15-5-2-6-16-29)35-20-10-12-22-37(35)41/h1-13,15-28H,14H2. The number of hydrogen-bond donors (Lipinski definition) is 0. The van der Waals surface area contributed by atoms with Crippen LogP contribution in [0.4, 0.5) is 0 Å². The fraction of sp³-hybridized carbons (Fsp3) is 0.0455. The van der Waals surface area contributed by atoms with E-state index >= 15 is 0 Å².